The van der Waals surface area contributed by atoms with Crippen molar-refractivity contribution >= 4 is 27.5 Å². The first-order valence-corrected chi connectivity index (χ1v) is 4.36. The molecule has 0 aliphatic rings. The van der Waals surface area contributed by atoms with E-state index in [1.165, 1.54) is 6.20 Å². The first-order valence-electron chi connectivity index (χ1n) is 3.07. The maximum absolute atomic E-state index is 12.7. The molecule has 1 aromatic rings. The molecule has 0 amide bonds. The Hall–Kier alpha value is -0.150. The summed E-state index contributed by atoms with van der Waals surface area (Å²) in [6.45, 7) is 1.88. The lowest BCUT2D eigenvalue weighted by Crippen LogP contribution is -1.91. The zero-order valence-electron chi connectivity index (χ0n) is 5.81. The number of halogens is 3. The third-order valence-electron chi connectivity index (χ3n) is 1.31. The summed E-state index contributed by atoms with van der Waals surface area (Å²) in [6.07, 6.45) is 1.40. The molecule has 0 radical (unpaired) electrons. The highest BCUT2D eigenvalue weighted by atomic mass is 79.9. The molecule has 1 rings (SSSR count). The Morgan fingerprint density at radius 2 is 2.36 bits per heavy atom. The van der Waals surface area contributed by atoms with Crippen LogP contribution in [0.5, 0.6) is 0 Å². The Morgan fingerprint density at radius 1 is 1.73 bits per heavy atom. The highest BCUT2D eigenvalue weighted by molar-refractivity contribution is 9.09. The number of hydrogen-bond acceptors (Lipinski definition) is 1. The standard InChI is InChI=1S/C7H6BrClFN/c1-4(8)5-2-3-11-7(10)6(5)9/h2-4H,1H3. The average Bonchev–Trinajstić information content (AvgIpc) is 1.94. The van der Waals surface area contributed by atoms with E-state index in [9.17, 15) is 4.39 Å². The SMILES string of the molecule is CC(Br)c1ccnc(F)c1Cl. The van der Waals surface area contributed by atoms with Gasteiger partial charge >= 0.3 is 0 Å². The van der Waals surface area contributed by atoms with Crippen LogP contribution < -0.4 is 0 Å². The highest BCUT2D eigenvalue weighted by Crippen LogP contribution is 2.29. The summed E-state index contributed by atoms with van der Waals surface area (Å²) < 4.78 is 12.7. The molecule has 11 heavy (non-hydrogen) atoms. The van der Waals surface area contributed by atoms with Crippen LogP contribution in [-0.2, 0) is 0 Å². The zero-order chi connectivity index (χ0) is 8.43. The molecule has 0 aromatic carbocycles. The van der Waals surface area contributed by atoms with Gasteiger partial charge < -0.3 is 0 Å². The fourth-order valence-electron chi connectivity index (χ4n) is 0.739. The van der Waals surface area contributed by atoms with E-state index < -0.39 is 5.95 Å². The van der Waals surface area contributed by atoms with Crippen LogP contribution in [0, 0.1) is 5.95 Å². The molecule has 1 unspecified atom stereocenters. The second kappa shape index (κ2) is 3.50. The van der Waals surface area contributed by atoms with Crippen molar-refractivity contribution in [3.63, 3.8) is 0 Å². The van der Waals surface area contributed by atoms with Gasteiger partial charge in [0.1, 0.15) is 0 Å². The molecular formula is C7H6BrClFN. The number of pyridine rings is 1. The fraction of sp³-hybridized carbons (Fsp3) is 0.286. The van der Waals surface area contributed by atoms with Gasteiger partial charge in [-0.3, -0.25) is 0 Å². The van der Waals surface area contributed by atoms with Crippen LogP contribution in [0.1, 0.15) is 17.3 Å². The Bertz CT molecular complexity index is 265. The quantitative estimate of drug-likeness (QED) is 0.540. The molecule has 0 aliphatic carbocycles. The molecule has 1 atom stereocenters. The lowest BCUT2D eigenvalue weighted by Gasteiger charge is -2.04. The molecule has 1 heterocycles. The van der Waals surface area contributed by atoms with Crippen LogP contribution in [-0.4, -0.2) is 4.98 Å². The van der Waals surface area contributed by atoms with Gasteiger partial charge in [-0.2, -0.15) is 4.39 Å². The third-order valence-corrected chi connectivity index (χ3v) is 2.17. The summed E-state index contributed by atoms with van der Waals surface area (Å²) in [5.74, 6) is -0.615. The van der Waals surface area contributed by atoms with E-state index >= 15 is 0 Å². The topological polar surface area (TPSA) is 12.9 Å². The first kappa shape index (κ1) is 8.94. The van der Waals surface area contributed by atoms with Crippen LogP contribution in [0.2, 0.25) is 5.02 Å². The molecular weight excluding hydrogens is 232 g/mol. The minimum absolute atomic E-state index is 0.0486. The summed E-state index contributed by atoms with van der Waals surface area (Å²) in [4.78, 5) is 3.45. The Labute approximate surface area is 77.7 Å². The van der Waals surface area contributed by atoms with E-state index in [-0.39, 0.29) is 9.85 Å². The maximum atomic E-state index is 12.7. The maximum Gasteiger partial charge on any atom is 0.231 e. The Kier molecular flexibility index (Phi) is 2.84. The van der Waals surface area contributed by atoms with Crippen molar-refractivity contribution in [3.05, 3.63) is 28.8 Å². The number of rotatable bonds is 1. The van der Waals surface area contributed by atoms with Gasteiger partial charge in [0, 0.05) is 11.0 Å². The lowest BCUT2D eigenvalue weighted by molar-refractivity contribution is 0.582. The van der Waals surface area contributed by atoms with E-state index in [2.05, 4.69) is 20.9 Å². The molecule has 0 saturated carbocycles. The Balaban J connectivity index is 3.17. The smallest absolute Gasteiger partial charge is 0.227 e. The van der Waals surface area contributed by atoms with Crippen molar-refractivity contribution in [2.45, 2.75) is 11.8 Å². The van der Waals surface area contributed by atoms with Crippen molar-refractivity contribution in [3.8, 4) is 0 Å². The molecule has 0 fully saturated rings. The van der Waals surface area contributed by atoms with E-state index in [0.29, 0.717) is 0 Å². The fourth-order valence-corrected chi connectivity index (χ4v) is 1.53. The molecule has 4 heteroatoms. The number of alkyl halides is 1. The lowest BCUT2D eigenvalue weighted by atomic mass is 10.2. The normalized spacial score (nSPS) is 13.1. The summed E-state index contributed by atoms with van der Waals surface area (Å²) >= 11 is 8.91. The molecule has 0 N–H and O–H groups in total. The number of nitrogens with zero attached hydrogens (tertiary/aromatic N) is 1. The number of aromatic nitrogens is 1. The summed E-state index contributed by atoms with van der Waals surface area (Å²) in [7, 11) is 0. The molecule has 0 saturated heterocycles. The van der Waals surface area contributed by atoms with Gasteiger partial charge in [-0.25, -0.2) is 4.98 Å². The molecule has 0 bridgehead atoms. The summed E-state index contributed by atoms with van der Waals surface area (Å²) in [6, 6.07) is 1.69. The van der Waals surface area contributed by atoms with Gasteiger partial charge in [-0.15, -0.1) is 0 Å². The average molecular weight is 238 g/mol. The van der Waals surface area contributed by atoms with Crippen LogP contribution in [0.3, 0.4) is 0 Å². The van der Waals surface area contributed by atoms with Crippen LogP contribution in [0.4, 0.5) is 4.39 Å². The van der Waals surface area contributed by atoms with Crippen molar-refractivity contribution in [1.82, 2.24) is 4.98 Å². The third kappa shape index (κ3) is 1.91. The molecule has 60 valence electrons. The van der Waals surface area contributed by atoms with E-state index in [1.54, 1.807) is 6.07 Å². The minimum atomic E-state index is -0.615. The van der Waals surface area contributed by atoms with Gasteiger partial charge in [0.15, 0.2) is 0 Å². The molecule has 0 spiro atoms. The summed E-state index contributed by atoms with van der Waals surface area (Å²) in [5.41, 5.74) is 0.721. The summed E-state index contributed by atoms with van der Waals surface area (Å²) in [5, 5.41) is 0.0943. The zero-order valence-corrected chi connectivity index (χ0v) is 8.16. The van der Waals surface area contributed by atoms with Gasteiger partial charge in [0.25, 0.3) is 0 Å². The molecule has 1 nitrogen and oxygen atoms in total. The van der Waals surface area contributed by atoms with Crippen molar-refractivity contribution in [1.29, 1.82) is 0 Å². The van der Waals surface area contributed by atoms with E-state index in [4.69, 9.17) is 11.6 Å². The van der Waals surface area contributed by atoms with Crippen LogP contribution >= 0.6 is 27.5 Å². The van der Waals surface area contributed by atoms with Gasteiger partial charge in [0.05, 0.1) is 5.02 Å². The minimum Gasteiger partial charge on any atom is -0.227 e. The van der Waals surface area contributed by atoms with Crippen molar-refractivity contribution in [2.75, 3.05) is 0 Å². The first-order chi connectivity index (χ1) is 5.13. The number of hydrogen-bond donors (Lipinski definition) is 0. The van der Waals surface area contributed by atoms with Gasteiger partial charge in [-0.1, -0.05) is 27.5 Å². The Morgan fingerprint density at radius 3 is 2.82 bits per heavy atom. The van der Waals surface area contributed by atoms with Crippen molar-refractivity contribution < 1.29 is 4.39 Å². The van der Waals surface area contributed by atoms with Crippen LogP contribution in [0.25, 0.3) is 0 Å². The second-order valence-corrected chi connectivity index (χ2v) is 3.87. The van der Waals surface area contributed by atoms with E-state index in [0.717, 1.165) is 5.56 Å². The van der Waals surface area contributed by atoms with Crippen molar-refractivity contribution in [2.24, 2.45) is 0 Å². The monoisotopic (exact) mass is 237 g/mol. The van der Waals surface area contributed by atoms with E-state index in [1.807, 2.05) is 6.92 Å². The predicted molar refractivity (Wildman–Crippen MR) is 46.5 cm³/mol. The van der Waals surface area contributed by atoms with Gasteiger partial charge in [-0.05, 0) is 18.6 Å². The van der Waals surface area contributed by atoms with Crippen LogP contribution in [0.15, 0.2) is 12.3 Å². The highest BCUT2D eigenvalue weighted by Gasteiger charge is 2.10. The molecule has 1 aromatic heterocycles. The van der Waals surface area contributed by atoms with Gasteiger partial charge in [0.2, 0.25) is 5.95 Å². The molecule has 0 aliphatic heterocycles. The largest absolute Gasteiger partial charge is 0.231 e. The predicted octanol–water partition coefficient (Wildman–Crippen LogP) is 3.33. The second-order valence-electron chi connectivity index (χ2n) is 2.12.